The summed E-state index contributed by atoms with van der Waals surface area (Å²) >= 11 is 0. The zero-order chi connectivity index (χ0) is 6.20. The summed E-state index contributed by atoms with van der Waals surface area (Å²) in [5, 5.41) is 3.32. The summed E-state index contributed by atoms with van der Waals surface area (Å²) in [4.78, 5) is 0. The number of rotatable bonds is 0. The Bertz CT molecular complexity index is 95.7. The Hall–Kier alpha value is 0.500. The van der Waals surface area contributed by atoms with Crippen LogP contribution in [-0.4, -0.2) is 18.1 Å². The van der Waals surface area contributed by atoms with E-state index in [0.29, 0.717) is 11.6 Å². The van der Waals surface area contributed by atoms with Crippen molar-refractivity contribution in [2.45, 2.75) is 31.8 Å². The van der Waals surface area contributed by atoms with Crippen molar-refractivity contribution in [2.75, 3.05) is 6.54 Å². The molecule has 1 aliphatic heterocycles. The van der Waals surface area contributed by atoms with Crippen molar-refractivity contribution in [3.05, 3.63) is 0 Å². The largest absolute Gasteiger partial charge is 0.326 e. The van der Waals surface area contributed by atoms with Crippen molar-refractivity contribution in [2.24, 2.45) is 5.73 Å². The summed E-state index contributed by atoms with van der Waals surface area (Å²) in [6.07, 6.45) is 1.10. The summed E-state index contributed by atoms with van der Waals surface area (Å²) < 4.78 is 0. The van der Waals surface area contributed by atoms with Gasteiger partial charge in [0, 0.05) is 18.1 Å². The number of nitrogens with two attached hydrogens (primary N) is 1. The van der Waals surface area contributed by atoms with Gasteiger partial charge in [-0.15, -0.1) is 24.8 Å². The Labute approximate surface area is 74.8 Å². The van der Waals surface area contributed by atoms with E-state index < -0.39 is 0 Å². The Kier molecular flexibility index (Phi) is 5.76. The van der Waals surface area contributed by atoms with E-state index in [0.717, 1.165) is 13.0 Å². The van der Waals surface area contributed by atoms with Crippen molar-refractivity contribution < 1.29 is 0 Å². The normalized spacial score (nSPS) is 28.5. The van der Waals surface area contributed by atoms with Crippen molar-refractivity contribution in [3.63, 3.8) is 0 Å². The molecule has 0 amide bonds. The molecule has 3 N–H and O–H groups in total. The van der Waals surface area contributed by atoms with Crippen LogP contribution in [0.1, 0.15) is 20.3 Å². The van der Waals surface area contributed by atoms with Gasteiger partial charge in [-0.1, -0.05) is 0 Å². The molecule has 1 fully saturated rings. The molecule has 0 aromatic rings. The molecule has 1 heterocycles. The molecule has 2 nitrogen and oxygen atoms in total. The maximum Gasteiger partial charge on any atom is 0.0182 e. The third-order valence-electron chi connectivity index (χ3n) is 1.62. The smallest absolute Gasteiger partial charge is 0.0182 e. The SMILES string of the molecule is CC1(C)CC(N)CN1.Cl.Cl. The third kappa shape index (κ3) is 3.62. The van der Waals surface area contributed by atoms with Gasteiger partial charge in [-0.2, -0.15) is 0 Å². The molecule has 10 heavy (non-hydrogen) atoms. The highest BCUT2D eigenvalue weighted by atomic mass is 35.5. The molecule has 0 spiro atoms. The Morgan fingerprint density at radius 2 is 1.90 bits per heavy atom. The molecule has 64 valence electrons. The van der Waals surface area contributed by atoms with Crippen LogP contribution < -0.4 is 11.1 Å². The van der Waals surface area contributed by atoms with Gasteiger partial charge in [0.25, 0.3) is 0 Å². The molecule has 4 heteroatoms. The van der Waals surface area contributed by atoms with Crippen LogP contribution in [-0.2, 0) is 0 Å². The van der Waals surface area contributed by atoms with Crippen molar-refractivity contribution in [1.82, 2.24) is 5.32 Å². The number of hydrogen-bond donors (Lipinski definition) is 2. The lowest BCUT2D eigenvalue weighted by atomic mass is 10.0. The van der Waals surface area contributed by atoms with Crippen LogP contribution in [0.25, 0.3) is 0 Å². The van der Waals surface area contributed by atoms with Crippen molar-refractivity contribution >= 4 is 24.8 Å². The third-order valence-corrected chi connectivity index (χ3v) is 1.62. The quantitative estimate of drug-likeness (QED) is 0.592. The fraction of sp³-hybridized carbons (Fsp3) is 1.00. The zero-order valence-electron chi connectivity index (χ0n) is 6.39. The topological polar surface area (TPSA) is 38.0 Å². The molecule has 1 aliphatic rings. The lowest BCUT2D eigenvalue weighted by molar-refractivity contribution is 0.455. The Balaban J connectivity index is 0. The minimum absolute atomic E-state index is 0. The van der Waals surface area contributed by atoms with Crippen molar-refractivity contribution in [1.29, 1.82) is 0 Å². The molecular weight excluding hydrogens is 171 g/mol. The van der Waals surface area contributed by atoms with Crippen LogP contribution in [0.4, 0.5) is 0 Å². The molecule has 0 bridgehead atoms. The molecule has 0 aromatic heterocycles. The highest BCUT2D eigenvalue weighted by molar-refractivity contribution is 5.85. The van der Waals surface area contributed by atoms with Gasteiger partial charge >= 0.3 is 0 Å². The van der Waals surface area contributed by atoms with Crippen LogP contribution >= 0.6 is 24.8 Å². The summed E-state index contributed by atoms with van der Waals surface area (Å²) in [6, 6.07) is 0.380. The first-order chi connectivity index (χ1) is 3.60. The van der Waals surface area contributed by atoms with E-state index in [4.69, 9.17) is 5.73 Å². The summed E-state index contributed by atoms with van der Waals surface area (Å²) in [7, 11) is 0. The first-order valence-corrected chi connectivity index (χ1v) is 3.11. The van der Waals surface area contributed by atoms with E-state index in [2.05, 4.69) is 19.2 Å². The average Bonchev–Trinajstić information content (AvgIpc) is 1.82. The first-order valence-electron chi connectivity index (χ1n) is 3.11. The number of halogens is 2. The second-order valence-corrected chi connectivity index (χ2v) is 3.23. The van der Waals surface area contributed by atoms with Crippen LogP contribution in [0.15, 0.2) is 0 Å². The standard InChI is InChI=1S/C6H14N2.2ClH/c1-6(2)3-5(7)4-8-6;;/h5,8H,3-4,7H2,1-2H3;2*1H. The minimum atomic E-state index is 0. The van der Waals surface area contributed by atoms with Crippen LogP contribution in [0.5, 0.6) is 0 Å². The van der Waals surface area contributed by atoms with Gasteiger partial charge in [0.1, 0.15) is 0 Å². The summed E-state index contributed by atoms with van der Waals surface area (Å²) in [6.45, 7) is 5.34. The Morgan fingerprint density at radius 1 is 1.40 bits per heavy atom. The average molecular weight is 187 g/mol. The maximum absolute atomic E-state index is 5.65. The number of hydrogen-bond acceptors (Lipinski definition) is 2. The van der Waals surface area contributed by atoms with E-state index in [1.165, 1.54) is 0 Å². The number of nitrogens with one attached hydrogen (secondary N) is 1. The van der Waals surface area contributed by atoms with E-state index >= 15 is 0 Å². The fourth-order valence-corrected chi connectivity index (χ4v) is 1.21. The Morgan fingerprint density at radius 3 is 2.00 bits per heavy atom. The van der Waals surface area contributed by atoms with Gasteiger partial charge in [0.15, 0.2) is 0 Å². The second-order valence-electron chi connectivity index (χ2n) is 3.23. The predicted molar refractivity (Wildman–Crippen MR) is 49.2 cm³/mol. The van der Waals surface area contributed by atoms with Gasteiger partial charge < -0.3 is 11.1 Å². The maximum atomic E-state index is 5.65. The minimum Gasteiger partial charge on any atom is -0.326 e. The second kappa shape index (κ2) is 4.39. The molecule has 0 saturated carbocycles. The van der Waals surface area contributed by atoms with Gasteiger partial charge in [0.2, 0.25) is 0 Å². The first kappa shape index (κ1) is 13.1. The molecule has 0 aliphatic carbocycles. The highest BCUT2D eigenvalue weighted by Crippen LogP contribution is 2.15. The van der Waals surface area contributed by atoms with E-state index in [-0.39, 0.29) is 24.8 Å². The van der Waals surface area contributed by atoms with Crippen LogP contribution in [0, 0.1) is 0 Å². The lowest BCUT2D eigenvalue weighted by Gasteiger charge is -2.16. The monoisotopic (exact) mass is 186 g/mol. The predicted octanol–water partition coefficient (Wildman–Crippen LogP) is 0.929. The summed E-state index contributed by atoms with van der Waals surface area (Å²) in [5.41, 5.74) is 5.94. The molecule has 0 aromatic carbocycles. The van der Waals surface area contributed by atoms with Crippen molar-refractivity contribution in [3.8, 4) is 0 Å². The van der Waals surface area contributed by atoms with Gasteiger partial charge in [-0.3, -0.25) is 0 Å². The van der Waals surface area contributed by atoms with Gasteiger partial charge in [-0.05, 0) is 20.3 Å². The molecular formula is C6H16Cl2N2. The van der Waals surface area contributed by atoms with E-state index in [1.54, 1.807) is 0 Å². The lowest BCUT2D eigenvalue weighted by Crippen LogP contribution is -2.31. The van der Waals surface area contributed by atoms with Gasteiger partial charge in [0.05, 0.1) is 0 Å². The van der Waals surface area contributed by atoms with E-state index in [9.17, 15) is 0 Å². The molecule has 0 radical (unpaired) electrons. The molecule has 1 atom stereocenters. The summed E-state index contributed by atoms with van der Waals surface area (Å²) in [5.74, 6) is 0. The molecule has 1 unspecified atom stereocenters. The van der Waals surface area contributed by atoms with Crippen LogP contribution in [0.3, 0.4) is 0 Å². The highest BCUT2D eigenvalue weighted by Gasteiger charge is 2.27. The molecule has 1 rings (SSSR count). The van der Waals surface area contributed by atoms with Crippen LogP contribution in [0.2, 0.25) is 0 Å². The zero-order valence-corrected chi connectivity index (χ0v) is 8.02. The van der Waals surface area contributed by atoms with Gasteiger partial charge in [-0.25, -0.2) is 0 Å². The fourth-order valence-electron chi connectivity index (χ4n) is 1.21. The van der Waals surface area contributed by atoms with E-state index in [1.807, 2.05) is 0 Å². The molecule has 1 saturated heterocycles.